The Morgan fingerprint density at radius 1 is 1.36 bits per heavy atom. The van der Waals surface area contributed by atoms with Gasteiger partial charge in [-0.25, -0.2) is 9.59 Å². The van der Waals surface area contributed by atoms with Gasteiger partial charge in [-0.05, 0) is 18.9 Å². The lowest BCUT2D eigenvalue weighted by Gasteiger charge is -1.91. The van der Waals surface area contributed by atoms with Crippen molar-refractivity contribution in [1.29, 1.82) is 0 Å². The molecule has 4 nitrogen and oxygen atoms in total. The summed E-state index contributed by atoms with van der Waals surface area (Å²) in [5.41, 5.74) is 0. The summed E-state index contributed by atoms with van der Waals surface area (Å²) >= 11 is 0. The van der Waals surface area contributed by atoms with E-state index in [1.54, 1.807) is 6.08 Å². The van der Waals surface area contributed by atoms with E-state index >= 15 is 0 Å². The molecule has 0 heterocycles. The van der Waals surface area contributed by atoms with Gasteiger partial charge in [-0.15, -0.1) is 0 Å². The molecule has 0 unspecified atom stereocenters. The summed E-state index contributed by atoms with van der Waals surface area (Å²) in [4.78, 5) is 20.8. The van der Waals surface area contributed by atoms with Gasteiger partial charge in [-0.2, -0.15) is 0 Å². The molecule has 0 rings (SSSR count). The molecular weight excluding hydrogens is 184 g/mol. The lowest BCUT2D eigenvalue weighted by Crippen LogP contribution is -1.96. The molecule has 14 heavy (non-hydrogen) atoms. The van der Waals surface area contributed by atoms with Gasteiger partial charge in [0.15, 0.2) is 0 Å². The average molecular weight is 198 g/mol. The number of aliphatic carboxylic acids is 1. The molecule has 78 valence electrons. The summed E-state index contributed by atoms with van der Waals surface area (Å²) in [6, 6.07) is 0. The third-order valence-electron chi connectivity index (χ3n) is 1.37. The Hall–Kier alpha value is -1.58. The number of carbonyl (C=O) groups is 2. The topological polar surface area (TPSA) is 63.6 Å². The van der Waals surface area contributed by atoms with E-state index in [9.17, 15) is 9.59 Å². The molecule has 0 radical (unpaired) electrons. The zero-order chi connectivity index (χ0) is 10.8. The van der Waals surface area contributed by atoms with Crippen molar-refractivity contribution in [1.82, 2.24) is 0 Å². The van der Waals surface area contributed by atoms with Crippen LogP contribution in [0, 0.1) is 0 Å². The Kier molecular flexibility index (Phi) is 7.13. The van der Waals surface area contributed by atoms with Crippen molar-refractivity contribution >= 4 is 11.9 Å². The van der Waals surface area contributed by atoms with Crippen molar-refractivity contribution in [2.75, 3.05) is 0 Å². The summed E-state index contributed by atoms with van der Waals surface area (Å²) in [5, 5.41) is 8.19. The molecule has 0 aromatic rings. The molecule has 0 saturated heterocycles. The molecular formula is C10H14O4. The standard InChI is InChI=1S/C10H14O4/c1-2-3-4-5-8-14-10(13)7-6-9(11)12/h5-8H,2-4H2,1H3,(H,11,12)/b7-6-,8-5?. The van der Waals surface area contributed by atoms with Gasteiger partial charge in [0.05, 0.1) is 6.26 Å². The maximum atomic E-state index is 10.8. The Morgan fingerprint density at radius 3 is 2.64 bits per heavy atom. The Balaban J connectivity index is 3.63. The van der Waals surface area contributed by atoms with E-state index in [-0.39, 0.29) is 0 Å². The van der Waals surface area contributed by atoms with E-state index in [1.807, 2.05) is 0 Å². The Bertz CT molecular complexity index is 241. The fraction of sp³-hybridized carbons (Fsp3) is 0.400. The van der Waals surface area contributed by atoms with Crippen LogP contribution in [0.5, 0.6) is 0 Å². The highest BCUT2D eigenvalue weighted by molar-refractivity contribution is 5.90. The zero-order valence-electron chi connectivity index (χ0n) is 8.10. The van der Waals surface area contributed by atoms with E-state index in [0.29, 0.717) is 0 Å². The highest BCUT2D eigenvalue weighted by atomic mass is 16.5. The molecule has 0 aliphatic carbocycles. The van der Waals surface area contributed by atoms with Crippen LogP contribution in [0.1, 0.15) is 26.2 Å². The van der Waals surface area contributed by atoms with Crippen LogP contribution in [0.15, 0.2) is 24.5 Å². The van der Waals surface area contributed by atoms with E-state index in [0.717, 1.165) is 31.4 Å². The number of carboxylic acids is 1. The van der Waals surface area contributed by atoms with Crippen molar-refractivity contribution in [3.05, 3.63) is 24.5 Å². The second-order valence-electron chi connectivity index (χ2n) is 2.62. The zero-order valence-corrected chi connectivity index (χ0v) is 8.10. The highest BCUT2D eigenvalue weighted by Gasteiger charge is 1.94. The predicted octanol–water partition coefficient (Wildman–Crippen LogP) is 1.87. The molecule has 0 aromatic heterocycles. The maximum Gasteiger partial charge on any atom is 0.335 e. The number of allylic oxidation sites excluding steroid dienone is 1. The van der Waals surface area contributed by atoms with Crippen LogP contribution in [0.4, 0.5) is 0 Å². The smallest absolute Gasteiger partial charge is 0.335 e. The number of carboxylic acid groups (broad SMARTS) is 1. The fourth-order valence-electron chi connectivity index (χ4n) is 0.684. The molecule has 4 heteroatoms. The van der Waals surface area contributed by atoms with Crippen molar-refractivity contribution in [3.8, 4) is 0 Å². The van der Waals surface area contributed by atoms with Crippen LogP contribution < -0.4 is 0 Å². The minimum Gasteiger partial charge on any atom is -0.478 e. The summed E-state index contributed by atoms with van der Waals surface area (Å²) in [6.45, 7) is 2.06. The van der Waals surface area contributed by atoms with E-state index in [4.69, 9.17) is 5.11 Å². The van der Waals surface area contributed by atoms with Gasteiger partial charge in [0.2, 0.25) is 0 Å². The molecule has 0 fully saturated rings. The number of ether oxygens (including phenoxy) is 1. The van der Waals surface area contributed by atoms with Crippen LogP contribution in [-0.4, -0.2) is 17.0 Å². The number of hydrogen-bond acceptors (Lipinski definition) is 3. The molecule has 0 saturated carbocycles. The monoisotopic (exact) mass is 198 g/mol. The summed E-state index contributed by atoms with van der Waals surface area (Å²) < 4.78 is 4.57. The maximum absolute atomic E-state index is 10.8. The number of esters is 1. The second kappa shape index (κ2) is 8.04. The number of rotatable bonds is 6. The molecule has 0 amide bonds. The highest BCUT2D eigenvalue weighted by Crippen LogP contribution is 1.95. The van der Waals surface area contributed by atoms with Crippen LogP contribution in [0.2, 0.25) is 0 Å². The minimum atomic E-state index is -1.17. The first-order valence-corrected chi connectivity index (χ1v) is 4.43. The molecule has 0 atom stereocenters. The van der Waals surface area contributed by atoms with Crippen LogP contribution in [0.3, 0.4) is 0 Å². The normalized spacial score (nSPS) is 10.9. The van der Waals surface area contributed by atoms with Crippen LogP contribution in [0.25, 0.3) is 0 Å². The van der Waals surface area contributed by atoms with Gasteiger partial charge >= 0.3 is 11.9 Å². The first-order valence-electron chi connectivity index (χ1n) is 4.43. The van der Waals surface area contributed by atoms with Gasteiger partial charge in [0.1, 0.15) is 0 Å². The van der Waals surface area contributed by atoms with E-state index in [2.05, 4.69) is 11.7 Å². The predicted molar refractivity (Wildman–Crippen MR) is 51.5 cm³/mol. The third kappa shape index (κ3) is 8.52. The number of carbonyl (C=O) groups excluding carboxylic acids is 1. The molecule has 0 aliphatic heterocycles. The van der Waals surface area contributed by atoms with Gasteiger partial charge in [-0.3, -0.25) is 0 Å². The van der Waals surface area contributed by atoms with Gasteiger partial charge in [0, 0.05) is 12.2 Å². The lowest BCUT2D eigenvalue weighted by molar-refractivity contribution is -0.134. The summed E-state index contributed by atoms with van der Waals surface area (Å²) in [6.07, 6.45) is 7.59. The fourth-order valence-corrected chi connectivity index (χ4v) is 0.684. The summed E-state index contributed by atoms with van der Waals surface area (Å²) in [5.74, 6) is -1.85. The number of unbranched alkanes of at least 4 members (excludes halogenated alkanes) is 2. The third-order valence-corrected chi connectivity index (χ3v) is 1.37. The quantitative estimate of drug-likeness (QED) is 0.306. The molecule has 0 spiro atoms. The molecule has 0 bridgehead atoms. The van der Waals surface area contributed by atoms with Crippen molar-refractivity contribution < 1.29 is 19.4 Å². The van der Waals surface area contributed by atoms with Crippen LogP contribution >= 0.6 is 0 Å². The van der Waals surface area contributed by atoms with Gasteiger partial charge in [0.25, 0.3) is 0 Å². The molecule has 0 aliphatic rings. The first-order chi connectivity index (χ1) is 6.66. The molecule has 1 N–H and O–H groups in total. The minimum absolute atomic E-state index is 0.680. The SMILES string of the molecule is CCCCC=COC(=O)/C=C\C(=O)O. The van der Waals surface area contributed by atoms with E-state index < -0.39 is 11.9 Å². The lowest BCUT2D eigenvalue weighted by atomic mass is 10.2. The second-order valence-corrected chi connectivity index (χ2v) is 2.62. The molecule has 0 aromatic carbocycles. The largest absolute Gasteiger partial charge is 0.478 e. The van der Waals surface area contributed by atoms with E-state index in [1.165, 1.54) is 6.26 Å². The Labute approximate surface area is 82.9 Å². The Morgan fingerprint density at radius 2 is 2.07 bits per heavy atom. The average Bonchev–Trinajstić information content (AvgIpc) is 2.14. The first kappa shape index (κ1) is 12.4. The summed E-state index contributed by atoms with van der Waals surface area (Å²) in [7, 11) is 0. The van der Waals surface area contributed by atoms with Crippen molar-refractivity contribution in [2.45, 2.75) is 26.2 Å². The van der Waals surface area contributed by atoms with Crippen molar-refractivity contribution in [3.63, 3.8) is 0 Å². The van der Waals surface area contributed by atoms with Gasteiger partial charge < -0.3 is 9.84 Å². The van der Waals surface area contributed by atoms with Crippen molar-refractivity contribution in [2.24, 2.45) is 0 Å². The van der Waals surface area contributed by atoms with Gasteiger partial charge in [-0.1, -0.05) is 13.3 Å². The van der Waals surface area contributed by atoms with Crippen LogP contribution in [-0.2, 0) is 14.3 Å². The number of hydrogen-bond donors (Lipinski definition) is 1.